The number of aryl methyl sites for hydroxylation is 2. The Hall–Kier alpha value is -1.57. The molecule has 2 aromatic rings. The number of benzene rings is 1. The molecule has 0 fully saturated rings. The molecule has 1 aromatic carbocycles. The van der Waals surface area contributed by atoms with Gasteiger partial charge in [0.25, 0.3) is 5.91 Å². The van der Waals surface area contributed by atoms with Crippen LogP contribution in [0.25, 0.3) is 0 Å². The highest BCUT2D eigenvalue weighted by atomic mass is 127. The molecule has 1 heterocycles. The fourth-order valence-corrected chi connectivity index (χ4v) is 2.18. The van der Waals surface area contributed by atoms with E-state index in [4.69, 9.17) is 5.73 Å². The van der Waals surface area contributed by atoms with Crippen molar-refractivity contribution in [2.75, 3.05) is 11.1 Å². The van der Waals surface area contributed by atoms with Gasteiger partial charge in [0.15, 0.2) is 5.82 Å². The number of hydrogen-bond acceptors (Lipinski definition) is 3. The molecule has 0 radical (unpaired) electrons. The second-order valence-corrected chi connectivity index (χ2v) is 5.18. The van der Waals surface area contributed by atoms with Crippen molar-refractivity contribution < 1.29 is 4.79 Å². The third-order valence-electron chi connectivity index (χ3n) is 2.59. The molecule has 0 saturated heterocycles. The van der Waals surface area contributed by atoms with Crippen molar-refractivity contribution in [2.45, 2.75) is 6.92 Å². The van der Waals surface area contributed by atoms with Crippen LogP contribution in [0.2, 0.25) is 0 Å². The molecule has 18 heavy (non-hydrogen) atoms. The van der Waals surface area contributed by atoms with Crippen LogP contribution >= 0.6 is 22.6 Å². The summed E-state index contributed by atoms with van der Waals surface area (Å²) in [5.74, 6) is 0.333. The van der Waals surface area contributed by atoms with Gasteiger partial charge in [0.2, 0.25) is 0 Å². The fraction of sp³-hybridized carbons (Fsp3) is 0.167. The van der Waals surface area contributed by atoms with Gasteiger partial charge < -0.3 is 11.1 Å². The minimum absolute atomic E-state index is 0.191. The Balaban J connectivity index is 2.27. The first-order valence-electron chi connectivity index (χ1n) is 5.35. The largest absolute Gasteiger partial charge is 0.394 e. The van der Waals surface area contributed by atoms with E-state index >= 15 is 0 Å². The van der Waals surface area contributed by atoms with Crippen molar-refractivity contribution in [1.29, 1.82) is 0 Å². The summed E-state index contributed by atoms with van der Waals surface area (Å²) >= 11 is 2.17. The summed E-state index contributed by atoms with van der Waals surface area (Å²) in [6, 6.07) is 7.35. The van der Waals surface area contributed by atoms with Gasteiger partial charge in [-0.15, -0.1) is 0 Å². The van der Waals surface area contributed by atoms with Crippen LogP contribution in [0.4, 0.5) is 11.5 Å². The number of aromatic nitrogens is 2. The first-order valence-corrected chi connectivity index (χ1v) is 6.43. The van der Waals surface area contributed by atoms with E-state index in [0.717, 1.165) is 3.57 Å². The lowest BCUT2D eigenvalue weighted by molar-refractivity contribution is 0.102. The summed E-state index contributed by atoms with van der Waals surface area (Å²) in [6.07, 6.45) is 0. The fourth-order valence-electron chi connectivity index (χ4n) is 1.63. The van der Waals surface area contributed by atoms with E-state index in [2.05, 4.69) is 33.0 Å². The van der Waals surface area contributed by atoms with Gasteiger partial charge in [-0.2, -0.15) is 5.10 Å². The van der Waals surface area contributed by atoms with E-state index in [1.165, 1.54) is 0 Å². The highest BCUT2D eigenvalue weighted by molar-refractivity contribution is 14.1. The Morgan fingerprint density at radius 2 is 2.22 bits per heavy atom. The highest BCUT2D eigenvalue weighted by Crippen LogP contribution is 2.21. The molecule has 3 N–H and O–H groups in total. The van der Waals surface area contributed by atoms with Gasteiger partial charge in [-0.05, 0) is 47.7 Å². The number of nitrogens with zero attached hydrogens (tertiary/aromatic N) is 2. The number of amides is 1. The number of anilines is 2. The zero-order chi connectivity index (χ0) is 13.3. The molecule has 0 unspecified atom stereocenters. The zero-order valence-corrected chi connectivity index (χ0v) is 12.2. The van der Waals surface area contributed by atoms with Crippen LogP contribution in [0.3, 0.4) is 0 Å². The van der Waals surface area contributed by atoms with E-state index < -0.39 is 0 Å². The van der Waals surface area contributed by atoms with E-state index in [1.54, 1.807) is 24.7 Å². The van der Waals surface area contributed by atoms with Crippen molar-refractivity contribution in [3.8, 4) is 0 Å². The number of carbonyl (C=O) groups is 1. The minimum atomic E-state index is -0.191. The third kappa shape index (κ3) is 2.47. The van der Waals surface area contributed by atoms with Gasteiger partial charge in [0.05, 0.1) is 11.4 Å². The van der Waals surface area contributed by atoms with Crippen LogP contribution in [0.15, 0.2) is 24.3 Å². The van der Waals surface area contributed by atoms with Gasteiger partial charge in [0, 0.05) is 16.2 Å². The predicted molar refractivity (Wildman–Crippen MR) is 79.5 cm³/mol. The molecule has 2 rings (SSSR count). The Labute approximate surface area is 119 Å². The molecular weight excluding hydrogens is 343 g/mol. The van der Waals surface area contributed by atoms with Gasteiger partial charge in [-0.1, -0.05) is 6.07 Å². The number of nitrogens with two attached hydrogens (primary N) is 1. The third-order valence-corrected chi connectivity index (χ3v) is 3.26. The summed E-state index contributed by atoms with van der Waals surface area (Å²) in [6.45, 7) is 1.80. The van der Waals surface area contributed by atoms with E-state index in [0.29, 0.717) is 22.8 Å². The van der Waals surface area contributed by atoms with Crippen LogP contribution in [0, 0.1) is 10.5 Å². The maximum atomic E-state index is 12.1. The number of carbonyl (C=O) groups excluding carboxylic acids is 1. The summed E-state index contributed by atoms with van der Waals surface area (Å²) in [5.41, 5.74) is 7.66. The highest BCUT2D eigenvalue weighted by Gasteiger charge is 2.14. The number of nitrogen functional groups attached to an aromatic ring is 1. The zero-order valence-electron chi connectivity index (χ0n) is 10.1. The summed E-state index contributed by atoms with van der Waals surface area (Å²) in [5, 5.41) is 6.93. The minimum Gasteiger partial charge on any atom is -0.394 e. The molecule has 5 nitrogen and oxygen atoms in total. The van der Waals surface area contributed by atoms with Gasteiger partial charge in [0.1, 0.15) is 0 Å². The first-order chi connectivity index (χ1) is 8.49. The lowest BCUT2D eigenvalue weighted by atomic mass is 10.2. The maximum absolute atomic E-state index is 12.1. The van der Waals surface area contributed by atoms with Crippen molar-refractivity contribution >= 4 is 40.0 Å². The molecular formula is C12H13IN4O. The topological polar surface area (TPSA) is 72.9 Å². The van der Waals surface area contributed by atoms with Crippen molar-refractivity contribution in [3.63, 3.8) is 0 Å². The molecule has 0 aliphatic rings. The summed E-state index contributed by atoms with van der Waals surface area (Å²) in [4.78, 5) is 12.1. The second kappa shape index (κ2) is 4.97. The predicted octanol–water partition coefficient (Wildman–Crippen LogP) is 2.17. The van der Waals surface area contributed by atoms with Crippen LogP contribution < -0.4 is 11.1 Å². The van der Waals surface area contributed by atoms with Gasteiger partial charge >= 0.3 is 0 Å². The molecule has 0 saturated carbocycles. The average Bonchev–Trinajstić information content (AvgIpc) is 2.56. The van der Waals surface area contributed by atoms with E-state index in [9.17, 15) is 4.79 Å². The quantitative estimate of drug-likeness (QED) is 0.810. The molecule has 0 atom stereocenters. The SMILES string of the molecule is Cc1nn(C)c(NC(=O)c2cccc(I)c2)c1N. The smallest absolute Gasteiger partial charge is 0.256 e. The molecule has 0 aliphatic heterocycles. The van der Waals surface area contributed by atoms with Crippen LogP contribution in [-0.4, -0.2) is 15.7 Å². The van der Waals surface area contributed by atoms with E-state index in [-0.39, 0.29) is 5.91 Å². The summed E-state index contributed by atoms with van der Waals surface area (Å²) in [7, 11) is 1.74. The Morgan fingerprint density at radius 1 is 1.50 bits per heavy atom. The molecule has 94 valence electrons. The van der Waals surface area contributed by atoms with E-state index in [1.807, 2.05) is 18.2 Å². The monoisotopic (exact) mass is 356 g/mol. The van der Waals surface area contributed by atoms with Crippen LogP contribution in [0.1, 0.15) is 16.1 Å². The van der Waals surface area contributed by atoms with Gasteiger partial charge in [-0.3, -0.25) is 9.48 Å². The Bertz CT molecular complexity index is 606. The number of hydrogen-bond donors (Lipinski definition) is 2. The van der Waals surface area contributed by atoms with Gasteiger partial charge in [-0.25, -0.2) is 0 Å². The lowest BCUT2D eigenvalue weighted by Gasteiger charge is -2.06. The van der Waals surface area contributed by atoms with Crippen LogP contribution in [-0.2, 0) is 7.05 Å². The Kier molecular flexibility index (Phi) is 3.55. The van der Waals surface area contributed by atoms with Crippen molar-refractivity contribution in [1.82, 2.24) is 9.78 Å². The van der Waals surface area contributed by atoms with Crippen molar-refractivity contribution in [3.05, 3.63) is 39.1 Å². The molecule has 1 aromatic heterocycles. The number of halogens is 1. The number of rotatable bonds is 2. The average molecular weight is 356 g/mol. The molecule has 1 amide bonds. The molecule has 6 heteroatoms. The normalized spacial score (nSPS) is 10.4. The van der Waals surface area contributed by atoms with Crippen LogP contribution in [0.5, 0.6) is 0 Å². The number of nitrogens with one attached hydrogen (secondary N) is 1. The van der Waals surface area contributed by atoms with Crippen molar-refractivity contribution in [2.24, 2.45) is 7.05 Å². The standard InChI is InChI=1S/C12H13IN4O/c1-7-10(14)11(17(2)16-7)15-12(18)8-4-3-5-9(13)6-8/h3-6H,14H2,1-2H3,(H,15,18). The maximum Gasteiger partial charge on any atom is 0.256 e. The molecule has 0 bridgehead atoms. The Morgan fingerprint density at radius 3 is 2.78 bits per heavy atom. The lowest BCUT2D eigenvalue weighted by Crippen LogP contribution is -2.15. The first kappa shape index (κ1) is 12.9. The summed E-state index contributed by atoms with van der Waals surface area (Å²) < 4.78 is 2.57. The molecule has 0 aliphatic carbocycles. The molecule has 0 spiro atoms. The second-order valence-electron chi connectivity index (χ2n) is 3.94.